The minimum Gasteiger partial charge on any atom is -0.489 e. The molecule has 3 aromatic rings. The molecule has 4 rings (SSSR count). The van der Waals surface area contributed by atoms with Crippen LogP contribution in [0.2, 0.25) is 5.02 Å². The van der Waals surface area contributed by atoms with E-state index in [0.717, 1.165) is 35.0 Å². The molecule has 0 radical (unpaired) electrons. The number of amides is 1. The fraction of sp³-hybridized carbons (Fsp3) is 0.409. The smallest absolute Gasteiger partial charge is 0.262 e. The molecule has 0 aliphatic heterocycles. The van der Waals surface area contributed by atoms with Crippen LogP contribution in [-0.2, 0) is 24.2 Å². The highest BCUT2D eigenvalue weighted by Crippen LogP contribution is 2.33. The predicted molar refractivity (Wildman–Crippen MR) is 121 cm³/mol. The molecule has 0 spiro atoms. The molecule has 1 aliphatic rings. The standard InChI is InChI=1S/C22H24ClN3O3S/c1-13(2)29-17-8-7-14(11-16(17)23)25-19(27)9-10-26-12-24-21-20(22(26)28)15-5-3-4-6-18(15)30-21/h7-8,11-13H,3-6,9-10H2,1-2H3,(H,25,27). The monoisotopic (exact) mass is 445 g/mol. The van der Waals surface area contributed by atoms with Gasteiger partial charge in [0.1, 0.15) is 10.6 Å². The van der Waals surface area contributed by atoms with Gasteiger partial charge in [0.2, 0.25) is 5.91 Å². The zero-order valence-corrected chi connectivity index (χ0v) is 18.6. The number of carbonyl (C=O) groups is 1. The maximum absolute atomic E-state index is 13.0. The first kappa shape index (κ1) is 20.9. The lowest BCUT2D eigenvalue weighted by Gasteiger charge is -2.13. The number of nitrogens with zero attached hydrogens (tertiary/aromatic N) is 2. The van der Waals surface area contributed by atoms with Gasteiger partial charge in [0.25, 0.3) is 5.56 Å². The van der Waals surface area contributed by atoms with Crippen LogP contribution in [0.3, 0.4) is 0 Å². The molecule has 0 unspecified atom stereocenters. The second kappa shape index (κ2) is 8.78. The van der Waals surface area contributed by atoms with Crippen molar-refractivity contribution >= 4 is 44.7 Å². The maximum atomic E-state index is 13.0. The number of carbonyl (C=O) groups excluding carboxylic acids is 1. The van der Waals surface area contributed by atoms with E-state index in [1.54, 1.807) is 35.9 Å². The van der Waals surface area contributed by atoms with Gasteiger partial charge in [0, 0.05) is 23.5 Å². The van der Waals surface area contributed by atoms with E-state index in [2.05, 4.69) is 10.3 Å². The molecule has 0 saturated carbocycles. The van der Waals surface area contributed by atoms with E-state index in [4.69, 9.17) is 16.3 Å². The Morgan fingerprint density at radius 1 is 1.33 bits per heavy atom. The van der Waals surface area contributed by atoms with Crippen molar-refractivity contribution in [3.8, 4) is 5.75 Å². The van der Waals surface area contributed by atoms with Gasteiger partial charge in [-0.15, -0.1) is 11.3 Å². The Hall–Kier alpha value is -2.38. The molecule has 6 nitrogen and oxygen atoms in total. The van der Waals surface area contributed by atoms with Gasteiger partial charge in [-0.2, -0.15) is 0 Å². The van der Waals surface area contributed by atoms with Gasteiger partial charge < -0.3 is 10.1 Å². The van der Waals surface area contributed by atoms with Gasteiger partial charge in [0.15, 0.2) is 0 Å². The third kappa shape index (κ3) is 4.37. The largest absolute Gasteiger partial charge is 0.489 e. The molecule has 1 aliphatic carbocycles. The summed E-state index contributed by atoms with van der Waals surface area (Å²) < 4.78 is 7.14. The van der Waals surface area contributed by atoms with Crippen LogP contribution in [0.5, 0.6) is 5.75 Å². The predicted octanol–water partition coefficient (Wildman–Crippen LogP) is 4.81. The summed E-state index contributed by atoms with van der Waals surface area (Å²) in [5, 5.41) is 4.00. The number of anilines is 1. The summed E-state index contributed by atoms with van der Waals surface area (Å²) in [4.78, 5) is 31.9. The van der Waals surface area contributed by atoms with E-state index >= 15 is 0 Å². The molecule has 30 heavy (non-hydrogen) atoms. The van der Waals surface area contributed by atoms with Crippen molar-refractivity contribution in [2.75, 3.05) is 5.32 Å². The van der Waals surface area contributed by atoms with Crippen molar-refractivity contribution in [3.05, 3.63) is 50.3 Å². The Labute approximate surface area is 183 Å². The number of rotatable bonds is 6. The molecule has 1 N–H and O–H groups in total. The summed E-state index contributed by atoms with van der Waals surface area (Å²) in [6, 6.07) is 5.15. The summed E-state index contributed by atoms with van der Waals surface area (Å²) in [5.74, 6) is 0.387. The van der Waals surface area contributed by atoms with Crippen LogP contribution in [0.4, 0.5) is 5.69 Å². The van der Waals surface area contributed by atoms with Gasteiger partial charge in [-0.25, -0.2) is 4.98 Å². The number of aromatic nitrogens is 2. The number of fused-ring (bicyclic) bond motifs is 3. The molecule has 2 heterocycles. The fourth-order valence-electron chi connectivity index (χ4n) is 3.71. The SMILES string of the molecule is CC(C)Oc1ccc(NC(=O)CCn2cnc3sc4c(c3c2=O)CCCC4)cc1Cl. The topological polar surface area (TPSA) is 73.2 Å². The molecule has 1 aromatic carbocycles. The van der Waals surface area contributed by atoms with Crippen LogP contribution in [0.25, 0.3) is 10.2 Å². The minimum atomic E-state index is -0.192. The quantitative estimate of drug-likeness (QED) is 0.591. The third-order valence-electron chi connectivity index (χ3n) is 5.10. The minimum absolute atomic E-state index is 0.0148. The highest BCUT2D eigenvalue weighted by Gasteiger charge is 2.20. The Balaban J connectivity index is 1.44. The van der Waals surface area contributed by atoms with Gasteiger partial charge in [-0.3, -0.25) is 14.2 Å². The molecular weight excluding hydrogens is 422 g/mol. The number of benzene rings is 1. The first-order valence-electron chi connectivity index (χ1n) is 10.2. The van der Waals surface area contributed by atoms with Crippen molar-refractivity contribution in [1.82, 2.24) is 9.55 Å². The summed E-state index contributed by atoms with van der Waals surface area (Å²) >= 11 is 7.85. The molecule has 2 aromatic heterocycles. The molecule has 0 bridgehead atoms. The van der Waals surface area contributed by atoms with Gasteiger partial charge in [-0.05, 0) is 63.3 Å². The van der Waals surface area contributed by atoms with E-state index in [9.17, 15) is 9.59 Å². The van der Waals surface area contributed by atoms with Crippen LogP contribution in [0, 0.1) is 0 Å². The zero-order valence-electron chi connectivity index (χ0n) is 17.0. The van der Waals surface area contributed by atoms with Crippen molar-refractivity contribution in [1.29, 1.82) is 0 Å². The fourth-order valence-corrected chi connectivity index (χ4v) is 5.16. The molecule has 0 atom stereocenters. The highest BCUT2D eigenvalue weighted by atomic mass is 35.5. The molecule has 158 valence electrons. The first-order valence-corrected chi connectivity index (χ1v) is 11.4. The summed E-state index contributed by atoms with van der Waals surface area (Å²) in [5.41, 5.74) is 1.70. The summed E-state index contributed by atoms with van der Waals surface area (Å²) in [6.45, 7) is 4.12. The first-order chi connectivity index (χ1) is 14.4. The second-order valence-electron chi connectivity index (χ2n) is 7.74. The second-order valence-corrected chi connectivity index (χ2v) is 9.23. The lowest BCUT2D eigenvalue weighted by Crippen LogP contribution is -2.24. The Bertz CT molecular complexity index is 1150. The molecule has 1 amide bonds. The third-order valence-corrected chi connectivity index (χ3v) is 6.60. The number of thiophene rings is 1. The normalized spacial score (nSPS) is 13.5. The molecular formula is C22H24ClN3O3S. The van der Waals surface area contributed by atoms with Gasteiger partial charge in [-0.1, -0.05) is 11.6 Å². The average molecular weight is 446 g/mol. The molecule has 0 saturated heterocycles. The number of ether oxygens (including phenoxy) is 1. The number of hydrogen-bond donors (Lipinski definition) is 1. The Morgan fingerprint density at radius 2 is 2.13 bits per heavy atom. The van der Waals surface area contributed by atoms with E-state index in [1.165, 1.54) is 15.9 Å². The number of hydrogen-bond acceptors (Lipinski definition) is 5. The van der Waals surface area contributed by atoms with E-state index in [1.807, 2.05) is 13.8 Å². The lowest BCUT2D eigenvalue weighted by atomic mass is 9.97. The maximum Gasteiger partial charge on any atom is 0.262 e. The lowest BCUT2D eigenvalue weighted by molar-refractivity contribution is -0.116. The van der Waals surface area contributed by atoms with Crippen molar-refractivity contribution < 1.29 is 9.53 Å². The van der Waals surface area contributed by atoms with Crippen molar-refractivity contribution in [2.45, 2.75) is 58.6 Å². The van der Waals surface area contributed by atoms with E-state index < -0.39 is 0 Å². The van der Waals surface area contributed by atoms with Crippen LogP contribution >= 0.6 is 22.9 Å². The summed E-state index contributed by atoms with van der Waals surface area (Å²) in [7, 11) is 0. The highest BCUT2D eigenvalue weighted by molar-refractivity contribution is 7.18. The summed E-state index contributed by atoms with van der Waals surface area (Å²) in [6.07, 6.45) is 5.98. The van der Waals surface area contributed by atoms with Gasteiger partial charge >= 0.3 is 0 Å². The van der Waals surface area contributed by atoms with E-state index in [-0.39, 0.29) is 30.5 Å². The number of halogens is 1. The van der Waals surface area contributed by atoms with Crippen molar-refractivity contribution in [2.24, 2.45) is 0 Å². The van der Waals surface area contributed by atoms with Crippen LogP contribution in [-0.4, -0.2) is 21.6 Å². The van der Waals surface area contributed by atoms with Crippen LogP contribution < -0.4 is 15.6 Å². The number of aryl methyl sites for hydroxylation is 3. The van der Waals surface area contributed by atoms with E-state index in [0.29, 0.717) is 16.5 Å². The average Bonchev–Trinajstić information content (AvgIpc) is 3.08. The molecule has 8 heteroatoms. The zero-order chi connectivity index (χ0) is 21.3. The van der Waals surface area contributed by atoms with Crippen molar-refractivity contribution in [3.63, 3.8) is 0 Å². The Kier molecular flexibility index (Phi) is 6.11. The van der Waals surface area contributed by atoms with Gasteiger partial charge in [0.05, 0.1) is 22.8 Å². The van der Waals surface area contributed by atoms with Crippen LogP contribution in [0.15, 0.2) is 29.3 Å². The van der Waals surface area contributed by atoms with Crippen LogP contribution in [0.1, 0.15) is 43.6 Å². The number of nitrogens with one attached hydrogen (secondary N) is 1. The Morgan fingerprint density at radius 3 is 2.90 bits per heavy atom. The molecule has 0 fully saturated rings.